The van der Waals surface area contributed by atoms with Crippen molar-refractivity contribution >= 4 is 5.91 Å². The van der Waals surface area contributed by atoms with E-state index < -0.39 is 0 Å². The summed E-state index contributed by atoms with van der Waals surface area (Å²) in [6, 6.07) is 0.585. The van der Waals surface area contributed by atoms with Crippen LogP contribution in [0.5, 0.6) is 0 Å². The van der Waals surface area contributed by atoms with E-state index in [2.05, 4.69) is 10.2 Å². The fourth-order valence-corrected chi connectivity index (χ4v) is 2.24. The van der Waals surface area contributed by atoms with Crippen LogP contribution in [-0.4, -0.2) is 48.7 Å². The molecule has 1 amide bonds. The Hall–Kier alpha value is -0.610. The highest BCUT2D eigenvalue weighted by atomic mass is 16.3. The summed E-state index contributed by atoms with van der Waals surface area (Å²) in [4.78, 5) is 13.4. The second-order valence-electron chi connectivity index (χ2n) is 4.12. The molecule has 88 valence electrons. The number of hydrogen-bond donors (Lipinski definition) is 2. The van der Waals surface area contributed by atoms with Gasteiger partial charge < -0.3 is 10.4 Å². The molecule has 0 aliphatic heterocycles. The van der Waals surface area contributed by atoms with Gasteiger partial charge in [-0.05, 0) is 12.8 Å². The molecule has 1 fully saturated rings. The number of amides is 1. The quantitative estimate of drug-likeness (QED) is 0.671. The molecule has 0 aromatic carbocycles. The number of carbonyl (C=O) groups excluding carboxylic acids is 1. The molecule has 1 rings (SSSR count). The minimum Gasteiger partial charge on any atom is -0.395 e. The standard InChI is InChI=1S/C11H22N2O2/c1-12-11(15)6-7-13(8-9-14)10-4-2-3-5-10/h10,14H,2-9H2,1H3,(H,12,15). The fourth-order valence-electron chi connectivity index (χ4n) is 2.24. The third-order valence-corrected chi connectivity index (χ3v) is 3.13. The summed E-state index contributed by atoms with van der Waals surface area (Å²) in [6.07, 6.45) is 5.54. The maximum Gasteiger partial charge on any atom is 0.221 e. The lowest BCUT2D eigenvalue weighted by Crippen LogP contribution is -2.38. The largest absolute Gasteiger partial charge is 0.395 e. The van der Waals surface area contributed by atoms with Crippen LogP contribution in [0.15, 0.2) is 0 Å². The van der Waals surface area contributed by atoms with Crippen molar-refractivity contribution in [2.24, 2.45) is 0 Å². The first-order chi connectivity index (χ1) is 7.27. The van der Waals surface area contributed by atoms with Gasteiger partial charge in [-0.1, -0.05) is 12.8 Å². The van der Waals surface area contributed by atoms with Gasteiger partial charge in [0, 0.05) is 32.6 Å². The SMILES string of the molecule is CNC(=O)CCN(CCO)C1CCCC1. The van der Waals surface area contributed by atoms with Gasteiger partial charge in [-0.3, -0.25) is 9.69 Å². The summed E-state index contributed by atoms with van der Waals surface area (Å²) >= 11 is 0. The molecular weight excluding hydrogens is 192 g/mol. The Labute approximate surface area is 91.6 Å². The maximum absolute atomic E-state index is 11.1. The molecule has 1 aliphatic rings. The number of rotatable bonds is 6. The van der Waals surface area contributed by atoms with Gasteiger partial charge in [0.15, 0.2) is 0 Å². The van der Waals surface area contributed by atoms with Gasteiger partial charge in [0.1, 0.15) is 0 Å². The van der Waals surface area contributed by atoms with Crippen molar-refractivity contribution in [2.45, 2.75) is 38.1 Å². The van der Waals surface area contributed by atoms with Crippen molar-refractivity contribution in [1.82, 2.24) is 10.2 Å². The zero-order valence-corrected chi connectivity index (χ0v) is 9.54. The third kappa shape index (κ3) is 4.18. The first-order valence-corrected chi connectivity index (χ1v) is 5.83. The van der Waals surface area contributed by atoms with Crippen molar-refractivity contribution in [1.29, 1.82) is 0 Å². The molecule has 0 bridgehead atoms. The van der Waals surface area contributed by atoms with Crippen LogP contribution in [0.25, 0.3) is 0 Å². The van der Waals surface area contributed by atoms with Crippen molar-refractivity contribution < 1.29 is 9.90 Å². The molecule has 2 N–H and O–H groups in total. The monoisotopic (exact) mass is 214 g/mol. The van der Waals surface area contributed by atoms with Crippen LogP contribution in [0.2, 0.25) is 0 Å². The van der Waals surface area contributed by atoms with Crippen molar-refractivity contribution in [3.05, 3.63) is 0 Å². The van der Waals surface area contributed by atoms with Gasteiger partial charge in [-0.2, -0.15) is 0 Å². The highest BCUT2D eigenvalue weighted by molar-refractivity contribution is 5.75. The molecule has 0 atom stereocenters. The summed E-state index contributed by atoms with van der Waals surface area (Å²) in [5.41, 5.74) is 0. The fraction of sp³-hybridized carbons (Fsp3) is 0.909. The first-order valence-electron chi connectivity index (χ1n) is 5.83. The number of hydrogen-bond acceptors (Lipinski definition) is 3. The van der Waals surface area contributed by atoms with Gasteiger partial charge >= 0.3 is 0 Å². The summed E-state index contributed by atoms with van der Waals surface area (Å²) in [5, 5.41) is 11.6. The second-order valence-corrected chi connectivity index (χ2v) is 4.12. The van der Waals surface area contributed by atoms with Crippen LogP contribution in [-0.2, 0) is 4.79 Å². The molecule has 4 heteroatoms. The summed E-state index contributed by atoms with van der Waals surface area (Å²) < 4.78 is 0. The molecule has 1 saturated carbocycles. The van der Waals surface area contributed by atoms with Gasteiger partial charge in [0.25, 0.3) is 0 Å². The molecular formula is C11H22N2O2. The van der Waals surface area contributed by atoms with Crippen LogP contribution in [0, 0.1) is 0 Å². The van der Waals surface area contributed by atoms with Crippen LogP contribution >= 0.6 is 0 Å². The average molecular weight is 214 g/mol. The van der Waals surface area contributed by atoms with Crippen molar-refractivity contribution in [2.75, 3.05) is 26.7 Å². The Morgan fingerprint density at radius 2 is 2.07 bits per heavy atom. The number of aliphatic hydroxyl groups is 1. The summed E-state index contributed by atoms with van der Waals surface area (Å²) in [5.74, 6) is 0.0796. The molecule has 0 heterocycles. The van der Waals surface area contributed by atoms with E-state index in [4.69, 9.17) is 5.11 Å². The molecule has 15 heavy (non-hydrogen) atoms. The Balaban J connectivity index is 2.32. The molecule has 0 unspecified atom stereocenters. The van der Waals surface area contributed by atoms with Crippen LogP contribution in [0.3, 0.4) is 0 Å². The topological polar surface area (TPSA) is 52.6 Å². The summed E-state index contributed by atoms with van der Waals surface area (Å²) in [7, 11) is 1.66. The predicted molar refractivity (Wildman–Crippen MR) is 59.6 cm³/mol. The number of aliphatic hydroxyl groups excluding tert-OH is 1. The number of nitrogens with one attached hydrogen (secondary N) is 1. The number of carbonyl (C=O) groups is 1. The normalized spacial score (nSPS) is 17.3. The first kappa shape index (κ1) is 12.5. The van der Waals surface area contributed by atoms with E-state index in [-0.39, 0.29) is 12.5 Å². The highest BCUT2D eigenvalue weighted by Crippen LogP contribution is 2.23. The molecule has 1 aliphatic carbocycles. The zero-order chi connectivity index (χ0) is 11.1. The minimum absolute atomic E-state index is 0.0796. The lowest BCUT2D eigenvalue weighted by atomic mass is 10.2. The molecule has 0 radical (unpaired) electrons. The third-order valence-electron chi connectivity index (χ3n) is 3.13. The Kier molecular flexibility index (Phi) is 5.65. The van der Waals surface area contributed by atoms with E-state index in [1.165, 1.54) is 25.7 Å². The zero-order valence-electron chi connectivity index (χ0n) is 9.54. The molecule has 0 spiro atoms. The van der Waals surface area contributed by atoms with Gasteiger partial charge in [0.2, 0.25) is 5.91 Å². The Bertz CT molecular complexity index is 191. The molecule has 0 aromatic rings. The van der Waals surface area contributed by atoms with Crippen LogP contribution in [0.1, 0.15) is 32.1 Å². The second kappa shape index (κ2) is 6.80. The van der Waals surface area contributed by atoms with Crippen LogP contribution in [0.4, 0.5) is 0 Å². The smallest absolute Gasteiger partial charge is 0.221 e. The molecule has 4 nitrogen and oxygen atoms in total. The predicted octanol–water partition coefficient (Wildman–Crippen LogP) is 0.359. The average Bonchev–Trinajstić information content (AvgIpc) is 2.76. The molecule has 0 saturated heterocycles. The van der Waals surface area contributed by atoms with E-state index in [1.807, 2.05) is 0 Å². The van der Waals surface area contributed by atoms with E-state index in [1.54, 1.807) is 7.05 Å². The van der Waals surface area contributed by atoms with E-state index in [9.17, 15) is 4.79 Å². The van der Waals surface area contributed by atoms with E-state index in [0.29, 0.717) is 19.0 Å². The molecule has 0 aromatic heterocycles. The maximum atomic E-state index is 11.1. The van der Waals surface area contributed by atoms with Gasteiger partial charge in [-0.15, -0.1) is 0 Å². The Morgan fingerprint density at radius 1 is 1.40 bits per heavy atom. The minimum atomic E-state index is 0.0796. The van der Waals surface area contributed by atoms with Crippen molar-refractivity contribution in [3.8, 4) is 0 Å². The Morgan fingerprint density at radius 3 is 2.60 bits per heavy atom. The highest BCUT2D eigenvalue weighted by Gasteiger charge is 2.22. The van der Waals surface area contributed by atoms with Crippen molar-refractivity contribution in [3.63, 3.8) is 0 Å². The van der Waals surface area contributed by atoms with Gasteiger partial charge in [0.05, 0.1) is 6.61 Å². The lowest BCUT2D eigenvalue weighted by Gasteiger charge is -2.27. The summed E-state index contributed by atoms with van der Waals surface area (Å²) in [6.45, 7) is 1.65. The number of nitrogens with zero attached hydrogens (tertiary/aromatic N) is 1. The van der Waals surface area contributed by atoms with Gasteiger partial charge in [-0.25, -0.2) is 0 Å². The lowest BCUT2D eigenvalue weighted by molar-refractivity contribution is -0.121. The van der Waals surface area contributed by atoms with E-state index in [0.717, 1.165) is 6.54 Å². The van der Waals surface area contributed by atoms with E-state index >= 15 is 0 Å². The van der Waals surface area contributed by atoms with Crippen LogP contribution < -0.4 is 5.32 Å².